The summed E-state index contributed by atoms with van der Waals surface area (Å²) >= 11 is 1.46. The van der Waals surface area contributed by atoms with E-state index >= 15 is 0 Å². The molecule has 0 fully saturated rings. The molecule has 0 spiro atoms. The largest absolute Gasteiger partial charge is 0.461 e. The number of esters is 2. The Kier molecular flexibility index (Phi) is 8.56. The monoisotopic (exact) mass is 336 g/mol. The van der Waals surface area contributed by atoms with Crippen LogP contribution in [0.2, 0.25) is 0 Å². The number of anilines is 1. The summed E-state index contributed by atoms with van der Waals surface area (Å²) in [6.07, 6.45) is 2.23. The van der Waals surface area contributed by atoms with Crippen molar-refractivity contribution < 1.29 is 19.1 Å². The Hall–Kier alpha value is -2.25. The molecule has 6 nitrogen and oxygen atoms in total. The van der Waals surface area contributed by atoms with Gasteiger partial charge in [0.2, 0.25) is 0 Å². The highest BCUT2D eigenvalue weighted by molar-refractivity contribution is 7.97. The van der Waals surface area contributed by atoms with Gasteiger partial charge in [0.05, 0.1) is 0 Å². The first-order valence-corrected chi connectivity index (χ1v) is 7.69. The van der Waals surface area contributed by atoms with Crippen molar-refractivity contribution in [2.45, 2.75) is 4.90 Å². The van der Waals surface area contributed by atoms with Crippen molar-refractivity contribution in [1.82, 2.24) is 4.31 Å². The third-order valence-electron chi connectivity index (χ3n) is 2.62. The van der Waals surface area contributed by atoms with Crippen LogP contribution in [0, 0.1) is 0 Å². The highest BCUT2D eigenvalue weighted by atomic mass is 32.2. The molecule has 124 valence electrons. The molecule has 0 saturated heterocycles. The van der Waals surface area contributed by atoms with E-state index in [2.05, 4.69) is 13.2 Å². The smallest absolute Gasteiger partial charge is 0.330 e. The van der Waals surface area contributed by atoms with E-state index < -0.39 is 11.9 Å². The number of hydrogen-bond donors (Lipinski definition) is 1. The van der Waals surface area contributed by atoms with E-state index in [9.17, 15) is 9.59 Å². The second-order valence-electron chi connectivity index (χ2n) is 4.33. The third-order valence-corrected chi connectivity index (χ3v) is 3.72. The van der Waals surface area contributed by atoms with Gasteiger partial charge in [-0.1, -0.05) is 13.2 Å². The van der Waals surface area contributed by atoms with Crippen LogP contribution in [0.1, 0.15) is 0 Å². The molecule has 0 bridgehead atoms. The molecule has 0 aliphatic heterocycles. The fraction of sp³-hybridized carbons (Fsp3) is 0.250. The lowest BCUT2D eigenvalue weighted by molar-refractivity contribution is -0.137. The van der Waals surface area contributed by atoms with Crippen LogP contribution in [0.3, 0.4) is 0 Å². The predicted octanol–water partition coefficient (Wildman–Crippen LogP) is 2.04. The Morgan fingerprint density at radius 1 is 1.04 bits per heavy atom. The molecule has 0 unspecified atom stereocenters. The SMILES string of the molecule is C=CC(=O)OCCN(CCOC(=O)C=C)Sc1ccc(N)cc1. The van der Waals surface area contributed by atoms with Gasteiger partial charge in [0.15, 0.2) is 0 Å². The van der Waals surface area contributed by atoms with E-state index in [-0.39, 0.29) is 13.2 Å². The fourth-order valence-electron chi connectivity index (χ4n) is 1.49. The maximum atomic E-state index is 11.1. The van der Waals surface area contributed by atoms with Gasteiger partial charge in [0.25, 0.3) is 0 Å². The summed E-state index contributed by atoms with van der Waals surface area (Å²) in [6.45, 7) is 8.05. The summed E-state index contributed by atoms with van der Waals surface area (Å²) in [5.41, 5.74) is 6.34. The van der Waals surface area contributed by atoms with Crippen molar-refractivity contribution in [2.24, 2.45) is 0 Å². The van der Waals surface area contributed by atoms with Crippen LogP contribution in [0.25, 0.3) is 0 Å². The molecule has 0 heterocycles. The molecule has 1 aromatic carbocycles. The predicted molar refractivity (Wildman–Crippen MR) is 90.6 cm³/mol. The number of benzene rings is 1. The summed E-state index contributed by atoms with van der Waals surface area (Å²) in [7, 11) is 0. The minimum absolute atomic E-state index is 0.211. The van der Waals surface area contributed by atoms with E-state index in [1.807, 2.05) is 16.4 Å². The van der Waals surface area contributed by atoms with Gasteiger partial charge in [0, 0.05) is 35.8 Å². The molecule has 1 rings (SSSR count). The molecule has 0 aliphatic carbocycles. The number of ether oxygens (including phenoxy) is 2. The number of hydrogen-bond acceptors (Lipinski definition) is 7. The first-order valence-electron chi connectivity index (χ1n) is 6.92. The van der Waals surface area contributed by atoms with Crippen LogP contribution < -0.4 is 5.73 Å². The van der Waals surface area contributed by atoms with Gasteiger partial charge in [-0.2, -0.15) is 0 Å². The second kappa shape index (κ2) is 10.5. The zero-order valence-corrected chi connectivity index (χ0v) is 13.6. The number of nitrogens with zero attached hydrogens (tertiary/aromatic N) is 1. The Labute approximate surface area is 140 Å². The minimum atomic E-state index is -0.472. The average Bonchev–Trinajstić information content (AvgIpc) is 2.56. The van der Waals surface area contributed by atoms with Crippen LogP contribution in [-0.2, 0) is 19.1 Å². The van der Waals surface area contributed by atoms with Crippen molar-refractivity contribution in [2.75, 3.05) is 32.0 Å². The summed E-state index contributed by atoms with van der Waals surface area (Å²) in [6, 6.07) is 7.38. The van der Waals surface area contributed by atoms with E-state index in [0.29, 0.717) is 18.8 Å². The lowest BCUT2D eigenvalue weighted by atomic mass is 10.3. The number of nitrogen functional groups attached to an aromatic ring is 1. The van der Waals surface area contributed by atoms with Gasteiger partial charge in [-0.25, -0.2) is 13.9 Å². The van der Waals surface area contributed by atoms with E-state index in [1.165, 1.54) is 11.9 Å². The van der Waals surface area contributed by atoms with Gasteiger partial charge >= 0.3 is 11.9 Å². The molecule has 0 aromatic heterocycles. The summed E-state index contributed by atoms with van der Waals surface area (Å²) in [5.74, 6) is -0.943. The van der Waals surface area contributed by atoms with Gasteiger partial charge < -0.3 is 15.2 Å². The fourth-order valence-corrected chi connectivity index (χ4v) is 2.38. The van der Waals surface area contributed by atoms with E-state index in [1.54, 1.807) is 12.1 Å². The summed E-state index contributed by atoms with van der Waals surface area (Å²) < 4.78 is 11.9. The first kappa shape index (κ1) is 18.8. The van der Waals surface area contributed by atoms with Gasteiger partial charge in [-0.15, -0.1) is 0 Å². The minimum Gasteiger partial charge on any atom is -0.461 e. The van der Waals surface area contributed by atoms with Gasteiger partial charge in [-0.05, 0) is 36.2 Å². The van der Waals surface area contributed by atoms with Crippen molar-refractivity contribution in [3.8, 4) is 0 Å². The van der Waals surface area contributed by atoms with Gasteiger partial charge in [-0.3, -0.25) is 0 Å². The molecule has 0 aliphatic rings. The Balaban J connectivity index is 2.53. The number of nitrogens with two attached hydrogens (primary N) is 1. The first-order chi connectivity index (χ1) is 11.0. The average molecular weight is 336 g/mol. The molecule has 0 amide bonds. The van der Waals surface area contributed by atoms with Crippen LogP contribution in [0.15, 0.2) is 54.5 Å². The van der Waals surface area contributed by atoms with Gasteiger partial charge in [0.1, 0.15) is 13.2 Å². The summed E-state index contributed by atoms with van der Waals surface area (Å²) in [5, 5.41) is 0. The maximum Gasteiger partial charge on any atom is 0.330 e. The Bertz CT molecular complexity index is 520. The molecular weight excluding hydrogens is 316 g/mol. The molecule has 2 N–H and O–H groups in total. The standard InChI is InChI=1S/C16H20N2O4S/c1-3-15(19)21-11-9-18(10-12-22-16(20)4-2)23-14-7-5-13(17)6-8-14/h3-8H,1-2,9-12,17H2. The second-order valence-corrected chi connectivity index (χ2v) is 5.50. The highest BCUT2D eigenvalue weighted by Crippen LogP contribution is 2.23. The lowest BCUT2D eigenvalue weighted by Gasteiger charge is -2.20. The quantitative estimate of drug-likeness (QED) is 0.303. The van der Waals surface area contributed by atoms with Crippen LogP contribution >= 0.6 is 11.9 Å². The lowest BCUT2D eigenvalue weighted by Crippen LogP contribution is -2.26. The molecule has 7 heteroatoms. The molecular formula is C16H20N2O4S. The van der Waals surface area contributed by atoms with Crippen molar-refractivity contribution in [1.29, 1.82) is 0 Å². The van der Waals surface area contributed by atoms with Crippen molar-refractivity contribution >= 4 is 29.6 Å². The molecule has 0 atom stereocenters. The van der Waals surface area contributed by atoms with Crippen LogP contribution in [0.5, 0.6) is 0 Å². The summed E-state index contributed by atoms with van der Waals surface area (Å²) in [4.78, 5) is 23.1. The highest BCUT2D eigenvalue weighted by Gasteiger charge is 2.09. The normalized spacial score (nSPS) is 10.1. The number of carbonyl (C=O) groups is 2. The third kappa shape index (κ3) is 8.08. The Morgan fingerprint density at radius 2 is 1.52 bits per heavy atom. The molecule has 1 aromatic rings. The Morgan fingerprint density at radius 3 is 1.96 bits per heavy atom. The molecule has 0 saturated carbocycles. The van der Waals surface area contributed by atoms with Crippen LogP contribution in [0.4, 0.5) is 5.69 Å². The number of rotatable bonds is 10. The number of carbonyl (C=O) groups excluding carboxylic acids is 2. The van der Waals surface area contributed by atoms with Crippen molar-refractivity contribution in [3.63, 3.8) is 0 Å². The zero-order chi connectivity index (χ0) is 17.1. The molecule has 0 radical (unpaired) electrons. The van der Waals surface area contributed by atoms with E-state index in [4.69, 9.17) is 15.2 Å². The van der Waals surface area contributed by atoms with Crippen LogP contribution in [-0.4, -0.2) is 42.5 Å². The topological polar surface area (TPSA) is 81.9 Å². The van der Waals surface area contributed by atoms with Crippen molar-refractivity contribution in [3.05, 3.63) is 49.6 Å². The van der Waals surface area contributed by atoms with E-state index in [0.717, 1.165) is 17.0 Å². The maximum absolute atomic E-state index is 11.1. The molecule has 23 heavy (non-hydrogen) atoms. The zero-order valence-electron chi connectivity index (χ0n) is 12.8.